The third-order valence-electron chi connectivity index (χ3n) is 2.52. The minimum Gasteiger partial charge on any atom is -0.480 e. The lowest BCUT2D eigenvalue weighted by molar-refractivity contribution is -0.142. The minimum atomic E-state index is -3.30. The monoisotopic (exact) mass is 320 g/mol. The summed E-state index contributed by atoms with van der Waals surface area (Å²) in [6.45, 7) is 0. The Bertz CT molecular complexity index is 568. The Morgan fingerprint density at radius 1 is 1.50 bits per heavy atom. The number of sulfone groups is 1. The van der Waals surface area contributed by atoms with Gasteiger partial charge in [0.15, 0.2) is 0 Å². The summed E-state index contributed by atoms with van der Waals surface area (Å²) in [6, 6.07) is 1.16. The van der Waals surface area contributed by atoms with Gasteiger partial charge in [-0.25, -0.2) is 13.2 Å². The number of carboxylic acids is 1. The minimum absolute atomic E-state index is 0.197. The van der Waals surface area contributed by atoms with Gasteiger partial charge < -0.3 is 16.2 Å². The highest BCUT2D eigenvalue weighted by atomic mass is 32.2. The lowest BCUT2D eigenvalue weighted by atomic mass is 10.2. The molecule has 1 amide bonds. The van der Waals surface area contributed by atoms with Crippen LogP contribution in [0.2, 0.25) is 0 Å². The van der Waals surface area contributed by atoms with Gasteiger partial charge in [0.1, 0.15) is 21.9 Å². The fraction of sp³-hybridized carbons (Fsp3) is 0.455. The molecule has 1 aromatic heterocycles. The maximum absolute atomic E-state index is 11.8. The number of carbonyl (C=O) groups excluding carboxylic acids is 1. The van der Waals surface area contributed by atoms with Crippen LogP contribution in [0.1, 0.15) is 17.3 Å². The predicted octanol–water partition coefficient (Wildman–Crippen LogP) is -0.248. The molecule has 2 atom stereocenters. The number of nitrogens with two attached hydrogens (primary N) is 1. The highest BCUT2D eigenvalue weighted by Crippen LogP contribution is 2.17. The highest BCUT2D eigenvalue weighted by molar-refractivity contribution is 7.90. The molecule has 0 aliphatic rings. The second-order valence-electron chi connectivity index (χ2n) is 4.31. The summed E-state index contributed by atoms with van der Waals surface area (Å²) in [5.41, 5.74) is 5.70. The summed E-state index contributed by atoms with van der Waals surface area (Å²) in [5.74, 6) is -2.26. The third kappa shape index (κ3) is 5.27. The van der Waals surface area contributed by atoms with Crippen molar-refractivity contribution in [3.63, 3.8) is 0 Å². The van der Waals surface area contributed by atoms with Crippen molar-refractivity contribution in [2.75, 3.05) is 12.0 Å². The van der Waals surface area contributed by atoms with Gasteiger partial charge in [0.05, 0.1) is 5.75 Å². The zero-order valence-corrected chi connectivity index (χ0v) is 12.4. The summed E-state index contributed by atoms with van der Waals surface area (Å²) >= 11 is 1.28. The lowest BCUT2D eigenvalue weighted by Gasteiger charge is -2.16. The average molecular weight is 320 g/mol. The maximum atomic E-state index is 11.8. The molecular formula is C11H16N2O5S2. The molecule has 112 valence electrons. The van der Waals surface area contributed by atoms with Crippen LogP contribution in [0.5, 0.6) is 0 Å². The summed E-state index contributed by atoms with van der Waals surface area (Å²) in [6.07, 6.45) is 0.808. The molecule has 1 rings (SSSR count). The number of carboxylic acid groups (broad SMARTS) is 1. The maximum Gasteiger partial charge on any atom is 0.326 e. The molecule has 0 fully saturated rings. The van der Waals surface area contributed by atoms with Crippen molar-refractivity contribution < 1.29 is 23.1 Å². The number of rotatable bonds is 7. The zero-order chi connectivity index (χ0) is 15.3. The van der Waals surface area contributed by atoms with Gasteiger partial charge in [0.25, 0.3) is 0 Å². The Labute approximate surface area is 120 Å². The summed E-state index contributed by atoms with van der Waals surface area (Å²) < 4.78 is 22.1. The van der Waals surface area contributed by atoms with E-state index in [-0.39, 0.29) is 12.2 Å². The molecule has 9 heteroatoms. The van der Waals surface area contributed by atoms with Gasteiger partial charge in [-0.15, -0.1) is 11.3 Å². The van der Waals surface area contributed by atoms with Gasteiger partial charge in [-0.2, -0.15) is 0 Å². The average Bonchev–Trinajstić information content (AvgIpc) is 2.85. The van der Waals surface area contributed by atoms with Crippen LogP contribution in [0.4, 0.5) is 0 Å². The number of hydrogen-bond donors (Lipinski definition) is 3. The molecule has 1 aromatic rings. The molecule has 1 heterocycles. The lowest BCUT2D eigenvalue weighted by Crippen LogP contribution is -2.45. The molecule has 0 saturated heterocycles. The summed E-state index contributed by atoms with van der Waals surface area (Å²) in [4.78, 5) is 23.5. The first kappa shape index (κ1) is 16.6. The number of hydrogen-bond acceptors (Lipinski definition) is 6. The van der Waals surface area contributed by atoms with Crippen molar-refractivity contribution in [1.29, 1.82) is 0 Å². The standard InChI is InChI=1S/C11H16N2O5S2/c1-20(17,18)6-4-7(11(15)16)13-10(14)9(12)8-3-2-5-19-8/h2-3,5,7,9H,4,6,12H2,1H3,(H,13,14)(H,15,16). The van der Waals surface area contributed by atoms with Gasteiger partial charge in [-0.05, 0) is 17.9 Å². The van der Waals surface area contributed by atoms with Crippen LogP contribution >= 0.6 is 11.3 Å². The third-order valence-corrected chi connectivity index (χ3v) is 4.46. The molecule has 20 heavy (non-hydrogen) atoms. The van der Waals surface area contributed by atoms with Crippen molar-refractivity contribution in [2.45, 2.75) is 18.5 Å². The Kier molecular flexibility index (Phi) is 5.66. The molecule has 7 nitrogen and oxygen atoms in total. The molecule has 0 radical (unpaired) electrons. The van der Waals surface area contributed by atoms with E-state index in [1.165, 1.54) is 11.3 Å². The first-order valence-electron chi connectivity index (χ1n) is 5.70. The number of nitrogens with one attached hydrogen (secondary N) is 1. The molecule has 0 aromatic carbocycles. The molecule has 0 saturated carbocycles. The van der Waals surface area contributed by atoms with E-state index in [1.807, 2.05) is 0 Å². The smallest absolute Gasteiger partial charge is 0.326 e. The van der Waals surface area contributed by atoms with Crippen LogP contribution in [0.15, 0.2) is 17.5 Å². The molecule has 0 bridgehead atoms. The molecule has 0 aliphatic heterocycles. The fourth-order valence-corrected chi connectivity index (χ4v) is 2.84. The van der Waals surface area contributed by atoms with E-state index in [0.29, 0.717) is 4.88 Å². The SMILES string of the molecule is CS(=O)(=O)CCC(NC(=O)C(N)c1cccs1)C(=O)O. The van der Waals surface area contributed by atoms with Crippen LogP contribution in [0.25, 0.3) is 0 Å². The topological polar surface area (TPSA) is 127 Å². The van der Waals surface area contributed by atoms with E-state index in [2.05, 4.69) is 5.32 Å². The Hall–Kier alpha value is -1.45. The Balaban J connectivity index is 2.66. The molecule has 0 aliphatic carbocycles. The van der Waals surface area contributed by atoms with E-state index in [1.54, 1.807) is 17.5 Å². The first-order valence-corrected chi connectivity index (χ1v) is 8.64. The van der Waals surface area contributed by atoms with Crippen molar-refractivity contribution in [2.24, 2.45) is 5.73 Å². The van der Waals surface area contributed by atoms with E-state index in [4.69, 9.17) is 10.8 Å². The summed E-state index contributed by atoms with van der Waals surface area (Å²) in [7, 11) is -3.30. The normalized spacial score (nSPS) is 14.5. The van der Waals surface area contributed by atoms with Crippen LogP contribution in [-0.2, 0) is 19.4 Å². The van der Waals surface area contributed by atoms with Crippen molar-refractivity contribution >= 4 is 33.1 Å². The van der Waals surface area contributed by atoms with Crippen LogP contribution in [-0.4, -0.2) is 43.5 Å². The predicted molar refractivity (Wildman–Crippen MR) is 75.1 cm³/mol. The quantitative estimate of drug-likeness (QED) is 0.636. The van der Waals surface area contributed by atoms with E-state index >= 15 is 0 Å². The molecule has 2 unspecified atom stereocenters. The number of amides is 1. The van der Waals surface area contributed by atoms with Crippen molar-refractivity contribution in [3.8, 4) is 0 Å². The van der Waals surface area contributed by atoms with Gasteiger partial charge in [-0.3, -0.25) is 4.79 Å². The second-order valence-corrected chi connectivity index (χ2v) is 7.55. The van der Waals surface area contributed by atoms with Gasteiger partial charge in [-0.1, -0.05) is 6.07 Å². The number of carbonyl (C=O) groups is 2. The van der Waals surface area contributed by atoms with E-state index in [9.17, 15) is 18.0 Å². The summed E-state index contributed by atoms with van der Waals surface area (Å²) in [5, 5.41) is 13.0. The first-order chi connectivity index (χ1) is 9.20. The zero-order valence-electron chi connectivity index (χ0n) is 10.8. The fourth-order valence-electron chi connectivity index (χ4n) is 1.45. The molecule has 0 spiro atoms. The Morgan fingerprint density at radius 2 is 2.15 bits per heavy atom. The highest BCUT2D eigenvalue weighted by Gasteiger charge is 2.25. The van der Waals surface area contributed by atoms with Crippen LogP contribution in [0, 0.1) is 0 Å². The van der Waals surface area contributed by atoms with E-state index in [0.717, 1.165) is 6.26 Å². The molecule has 4 N–H and O–H groups in total. The van der Waals surface area contributed by atoms with Crippen molar-refractivity contribution in [1.82, 2.24) is 5.32 Å². The van der Waals surface area contributed by atoms with Crippen LogP contribution in [0.3, 0.4) is 0 Å². The molecular weight excluding hydrogens is 304 g/mol. The van der Waals surface area contributed by atoms with Crippen LogP contribution < -0.4 is 11.1 Å². The van der Waals surface area contributed by atoms with Gasteiger partial charge >= 0.3 is 5.97 Å². The van der Waals surface area contributed by atoms with Gasteiger partial charge in [0, 0.05) is 11.1 Å². The largest absolute Gasteiger partial charge is 0.480 e. The van der Waals surface area contributed by atoms with Crippen molar-refractivity contribution in [3.05, 3.63) is 22.4 Å². The Morgan fingerprint density at radius 3 is 2.60 bits per heavy atom. The number of thiophene rings is 1. The van der Waals surface area contributed by atoms with Gasteiger partial charge in [0.2, 0.25) is 5.91 Å². The number of aliphatic carboxylic acids is 1. The second kappa shape index (κ2) is 6.82. The van der Waals surface area contributed by atoms with E-state index < -0.39 is 33.8 Å².